The number of amides is 1. The third-order valence-electron chi connectivity index (χ3n) is 6.55. The zero-order valence-electron chi connectivity index (χ0n) is 22.4. The number of carbonyl (C=O) groups excluding carboxylic acids is 2. The minimum absolute atomic E-state index is 0.300. The topological polar surface area (TPSA) is 81.2 Å². The molecule has 0 aliphatic rings. The van der Waals surface area contributed by atoms with Crippen LogP contribution in [0.3, 0.4) is 0 Å². The quantitative estimate of drug-likeness (QED) is 0.246. The standard InChI is InChI=1S/C33H29N3O3/c1-20-6-11-24(12-7-20)31-32(25-13-8-21(2)9-14-25)36-29-18-26(15-16-27(29)35-31)33(38)39-19-30(37)34-28-17-22(3)5-10-23(28)4/h5-18H,19H2,1-4H3,(H,34,37). The number of anilines is 1. The zero-order valence-corrected chi connectivity index (χ0v) is 22.4. The van der Waals surface area contributed by atoms with E-state index in [1.807, 2.05) is 82.3 Å². The number of nitrogens with one attached hydrogen (secondary N) is 1. The van der Waals surface area contributed by atoms with Gasteiger partial charge < -0.3 is 10.1 Å². The van der Waals surface area contributed by atoms with Gasteiger partial charge in [0, 0.05) is 16.8 Å². The minimum Gasteiger partial charge on any atom is -0.452 e. The average molecular weight is 516 g/mol. The third-order valence-corrected chi connectivity index (χ3v) is 6.55. The smallest absolute Gasteiger partial charge is 0.338 e. The van der Waals surface area contributed by atoms with Gasteiger partial charge in [-0.15, -0.1) is 0 Å². The van der Waals surface area contributed by atoms with Crippen LogP contribution in [0.4, 0.5) is 5.69 Å². The number of rotatable bonds is 6. The second kappa shape index (κ2) is 10.9. The Morgan fingerprint density at radius 1 is 0.667 bits per heavy atom. The maximum atomic E-state index is 12.8. The lowest BCUT2D eigenvalue weighted by Gasteiger charge is -2.12. The van der Waals surface area contributed by atoms with Crippen molar-refractivity contribution in [2.24, 2.45) is 0 Å². The minimum atomic E-state index is -0.602. The molecule has 0 radical (unpaired) electrons. The van der Waals surface area contributed by atoms with Crippen molar-refractivity contribution < 1.29 is 14.3 Å². The molecule has 0 saturated heterocycles. The van der Waals surface area contributed by atoms with Crippen molar-refractivity contribution in [3.8, 4) is 22.5 Å². The first-order valence-corrected chi connectivity index (χ1v) is 12.8. The fraction of sp³-hybridized carbons (Fsp3) is 0.152. The molecule has 5 rings (SSSR count). The highest BCUT2D eigenvalue weighted by molar-refractivity contribution is 5.98. The van der Waals surface area contributed by atoms with E-state index in [0.717, 1.165) is 44.8 Å². The summed E-state index contributed by atoms with van der Waals surface area (Å²) in [5.74, 6) is -1.00. The van der Waals surface area contributed by atoms with Gasteiger partial charge in [-0.05, 0) is 63.1 Å². The van der Waals surface area contributed by atoms with E-state index in [1.165, 1.54) is 0 Å². The Morgan fingerprint density at radius 2 is 1.23 bits per heavy atom. The van der Waals surface area contributed by atoms with Crippen molar-refractivity contribution in [1.29, 1.82) is 0 Å². The number of esters is 1. The van der Waals surface area contributed by atoms with Crippen molar-refractivity contribution in [2.45, 2.75) is 27.7 Å². The Balaban J connectivity index is 1.42. The third kappa shape index (κ3) is 5.85. The van der Waals surface area contributed by atoms with Crippen LogP contribution in [0.5, 0.6) is 0 Å². The number of benzene rings is 4. The van der Waals surface area contributed by atoms with Gasteiger partial charge in [-0.1, -0.05) is 71.8 Å². The number of aromatic nitrogens is 2. The van der Waals surface area contributed by atoms with Crippen LogP contribution in [0.1, 0.15) is 32.6 Å². The first-order valence-electron chi connectivity index (χ1n) is 12.8. The normalized spacial score (nSPS) is 10.9. The van der Waals surface area contributed by atoms with Crippen LogP contribution < -0.4 is 5.32 Å². The Kier molecular flexibility index (Phi) is 7.19. The molecule has 0 unspecified atom stereocenters. The Hall–Kier alpha value is -4.84. The van der Waals surface area contributed by atoms with E-state index in [0.29, 0.717) is 22.3 Å². The second-order valence-corrected chi connectivity index (χ2v) is 9.80. The van der Waals surface area contributed by atoms with Crippen molar-refractivity contribution >= 4 is 28.6 Å². The summed E-state index contributed by atoms with van der Waals surface area (Å²) in [7, 11) is 0. The molecule has 5 aromatic rings. The predicted octanol–water partition coefficient (Wildman–Crippen LogP) is 6.99. The zero-order chi connectivity index (χ0) is 27.5. The largest absolute Gasteiger partial charge is 0.452 e. The monoisotopic (exact) mass is 515 g/mol. The maximum absolute atomic E-state index is 12.8. The summed E-state index contributed by atoms with van der Waals surface area (Å²) in [5, 5.41) is 2.80. The van der Waals surface area contributed by atoms with Gasteiger partial charge in [0.2, 0.25) is 0 Å². The molecule has 4 aromatic carbocycles. The molecular weight excluding hydrogens is 486 g/mol. The number of ether oxygens (including phenoxy) is 1. The maximum Gasteiger partial charge on any atom is 0.338 e. The molecule has 0 aliphatic heterocycles. The number of fused-ring (bicyclic) bond motifs is 1. The number of nitrogens with zero attached hydrogens (tertiary/aromatic N) is 2. The number of hydrogen-bond acceptors (Lipinski definition) is 5. The molecule has 1 amide bonds. The van der Waals surface area contributed by atoms with Gasteiger partial charge >= 0.3 is 5.97 Å². The summed E-state index contributed by atoms with van der Waals surface area (Å²) in [5.41, 5.74) is 9.88. The van der Waals surface area contributed by atoms with Gasteiger partial charge in [0.25, 0.3) is 5.91 Å². The summed E-state index contributed by atoms with van der Waals surface area (Å²) in [6, 6.07) is 27.2. The summed E-state index contributed by atoms with van der Waals surface area (Å²) in [4.78, 5) is 35.1. The van der Waals surface area contributed by atoms with E-state index in [-0.39, 0.29) is 0 Å². The molecule has 1 N–H and O–H groups in total. The highest BCUT2D eigenvalue weighted by Gasteiger charge is 2.16. The summed E-state index contributed by atoms with van der Waals surface area (Å²) in [6.07, 6.45) is 0. The average Bonchev–Trinajstić information content (AvgIpc) is 2.93. The van der Waals surface area contributed by atoms with Gasteiger partial charge in [0.15, 0.2) is 6.61 Å². The molecule has 0 bridgehead atoms. The summed E-state index contributed by atoms with van der Waals surface area (Å²) in [6.45, 7) is 7.55. The SMILES string of the molecule is Cc1ccc(-c2nc3ccc(C(=O)OCC(=O)Nc4cc(C)ccc4C)cc3nc2-c2ccc(C)cc2)cc1. The molecule has 0 fully saturated rings. The van der Waals surface area contributed by atoms with Crippen LogP contribution in [0.2, 0.25) is 0 Å². The van der Waals surface area contributed by atoms with E-state index in [2.05, 4.69) is 17.4 Å². The van der Waals surface area contributed by atoms with E-state index in [4.69, 9.17) is 14.7 Å². The van der Waals surface area contributed by atoms with E-state index >= 15 is 0 Å². The summed E-state index contributed by atoms with van der Waals surface area (Å²) < 4.78 is 5.31. The van der Waals surface area contributed by atoms with E-state index in [1.54, 1.807) is 18.2 Å². The van der Waals surface area contributed by atoms with Crippen LogP contribution in [0, 0.1) is 27.7 Å². The fourth-order valence-corrected chi connectivity index (χ4v) is 4.28. The van der Waals surface area contributed by atoms with Gasteiger partial charge in [-0.25, -0.2) is 14.8 Å². The highest BCUT2D eigenvalue weighted by Crippen LogP contribution is 2.31. The van der Waals surface area contributed by atoms with Gasteiger partial charge in [0.1, 0.15) is 0 Å². The molecule has 0 atom stereocenters. The van der Waals surface area contributed by atoms with Crippen LogP contribution >= 0.6 is 0 Å². The van der Waals surface area contributed by atoms with Crippen LogP contribution in [-0.2, 0) is 9.53 Å². The highest BCUT2D eigenvalue weighted by atomic mass is 16.5. The number of carbonyl (C=O) groups is 2. The molecule has 0 spiro atoms. The van der Waals surface area contributed by atoms with Crippen LogP contribution in [0.25, 0.3) is 33.5 Å². The lowest BCUT2D eigenvalue weighted by Crippen LogP contribution is -2.21. The molecule has 0 aliphatic carbocycles. The first kappa shape index (κ1) is 25.8. The first-order chi connectivity index (χ1) is 18.8. The Labute approximate surface area is 227 Å². The molecule has 6 nitrogen and oxygen atoms in total. The molecule has 39 heavy (non-hydrogen) atoms. The van der Waals surface area contributed by atoms with Crippen molar-refractivity contribution in [1.82, 2.24) is 9.97 Å². The lowest BCUT2D eigenvalue weighted by atomic mass is 10.0. The van der Waals surface area contributed by atoms with Gasteiger partial charge in [0.05, 0.1) is 28.0 Å². The molecule has 0 saturated carbocycles. The van der Waals surface area contributed by atoms with E-state index in [9.17, 15) is 9.59 Å². The number of hydrogen-bond donors (Lipinski definition) is 1. The molecule has 1 aromatic heterocycles. The van der Waals surface area contributed by atoms with Crippen molar-refractivity contribution in [3.05, 3.63) is 113 Å². The van der Waals surface area contributed by atoms with Crippen LogP contribution in [0.15, 0.2) is 84.9 Å². The predicted molar refractivity (Wildman–Crippen MR) is 155 cm³/mol. The summed E-state index contributed by atoms with van der Waals surface area (Å²) >= 11 is 0. The van der Waals surface area contributed by atoms with Crippen molar-refractivity contribution in [3.63, 3.8) is 0 Å². The van der Waals surface area contributed by atoms with Gasteiger partial charge in [-0.2, -0.15) is 0 Å². The molecule has 1 heterocycles. The fourth-order valence-electron chi connectivity index (χ4n) is 4.28. The van der Waals surface area contributed by atoms with E-state index < -0.39 is 18.5 Å². The Bertz CT molecular complexity index is 1690. The number of aryl methyl sites for hydroxylation is 4. The van der Waals surface area contributed by atoms with Crippen molar-refractivity contribution in [2.75, 3.05) is 11.9 Å². The van der Waals surface area contributed by atoms with Crippen LogP contribution in [-0.4, -0.2) is 28.5 Å². The molecule has 194 valence electrons. The lowest BCUT2D eigenvalue weighted by molar-refractivity contribution is -0.119. The molecule has 6 heteroatoms. The second-order valence-electron chi connectivity index (χ2n) is 9.80. The molecular formula is C33H29N3O3. The Morgan fingerprint density at radius 3 is 1.85 bits per heavy atom. The van der Waals surface area contributed by atoms with Gasteiger partial charge in [-0.3, -0.25) is 4.79 Å².